The van der Waals surface area contributed by atoms with E-state index in [1.54, 1.807) is 11.3 Å². The molecule has 3 nitrogen and oxygen atoms in total. The molecule has 0 spiro atoms. The van der Waals surface area contributed by atoms with Crippen LogP contribution in [-0.2, 0) is 6.42 Å². The van der Waals surface area contributed by atoms with E-state index in [2.05, 4.69) is 37.6 Å². The van der Waals surface area contributed by atoms with E-state index in [1.807, 2.05) is 6.20 Å². The average Bonchev–Trinajstić information content (AvgIpc) is 2.84. The zero-order valence-corrected chi connectivity index (χ0v) is 11.1. The smallest absolute Gasteiger partial charge is 0.151 e. The van der Waals surface area contributed by atoms with Crippen LogP contribution in [-0.4, -0.2) is 9.55 Å². The average molecular weight is 298 g/mol. The van der Waals surface area contributed by atoms with Crippen molar-refractivity contribution < 1.29 is 0 Å². The van der Waals surface area contributed by atoms with E-state index in [-0.39, 0.29) is 6.17 Å². The molecular formula is C11H12BrN3S. The minimum absolute atomic E-state index is 0.0853. The normalized spacial score (nSPS) is 19.8. The van der Waals surface area contributed by atoms with Crippen LogP contribution in [0.2, 0.25) is 0 Å². The lowest BCUT2D eigenvalue weighted by molar-refractivity contribution is 0.418. The van der Waals surface area contributed by atoms with Gasteiger partial charge in [-0.25, -0.2) is 4.98 Å². The van der Waals surface area contributed by atoms with Crippen LogP contribution >= 0.6 is 27.3 Å². The van der Waals surface area contributed by atoms with E-state index in [1.165, 1.54) is 17.0 Å². The maximum absolute atomic E-state index is 6.15. The molecule has 84 valence electrons. The fourth-order valence-electron chi connectivity index (χ4n) is 2.19. The van der Waals surface area contributed by atoms with Gasteiger partial charge in [0.05, 0.1) is 14.8 Å². The van der Waals surface area contributed by atoms with Gasteiger partial charge < -0.3 is 10.3 Å². The molecule has 1 atom stereocenters. The maximum Gasteiger partial charge on any atom is 0.151 e. The van der Waals surface area contributed by atoms with Crippen LogP contribution in [0.15, 0.2) is 22.1 Å². The summed E-state index contributed by atoms with van der Waals surface area (Å²) in [4.78, 5) is 5.68. The summed E-state index contributed by atoms with van der Waals surface area (Å²) in [7, 11) is 0. The highest BCUT2D eigenvalue weighted by atomic mass is 79.9. The van der Waals surface area contributed by atoms with Crippen molar-refractivity contribution in [2.75, 3.05) is 0 Å². The van der Waals surface area contributed by atoms with Gasteiger partial charge in [0.25, 0.3) is 0 Å². The molecule has 0 saturated heterocycles. The van der Waals surface area contributed by atoms with Crippen LogP contribution in [0.4, 0.5) is 0 Å². The quantitative estimate of drug-likeness (QED) is 0.879. The fraction of sp³-hybridized carbons (Fsp3) is 0.364. The second kappa shape index (κ2) is 3.98. The first-order valence-corrected chi connectivity index (χ1v) is 6.94. The third kappa shape index (κ3) is 1.63. The molecule has 1 aliphatic rings. The molecule has 0 aliphatic carbocycles. The number of fused-ring (bicyclic) bond motifs is 1. The first kappa shape index (κ1) is 10.5. The lowest BCUT2D eigenvalue weighted by atomic mass is 10.1. The van der Waals surface area contributed by atoms with Crippen molar-refractivity contribution in [2.24, 2.45) is 5.73 Å². The zero-order chi connectivity index (χ0) is 11.1. The summed E-state index contributed by atoms with van der Waals surface area (Å²) >= 11 is 5.18. The van der Waals surface area contributed by atoms with E-state index in [0.717, 1.165) is 22.5 Å². The number of halogens is 1. The van der Waals surface area contributed by atoms with Gasteiger partial charge in [-0.15, -0.1) is 11.3 Å². The van der Waals surface area contributed by atoms with Gasteiger partial charge in [-0.2, -0.15) is 0 Å². The predicted molar refractivity (Wildman–Crippen MR) is 69.4 cm³/mol. The Morgan fingerprint density at radius 3 is 3.12 bits per heavy atom. The van der Waals surface area contributed by atoms with Crippen LogP contribution in [0, 0.1) is 0 Å². The SMILES string of the molecule is NC1CCCc2cnc(-c3ccc(Br)s3)n21. The van der Waals surface area contributed by atoms with Gasteiger partial charge in [-0.05, 0) is 47.3 Å². The molecule has 0 fully saturated rings. The molecule has 2 N–H and O–H groups in total. The summed E-state index contributed by atoms with van der Waals surface area (Å²) in [5.41, 5.74) is 7.41. The Kier molecular flexibility index (Phi) is 2.61. The van der Waals surface area contributed by atoms with Crippen LogP contribution in [0.3, 0.4) is 0 Å². The highest BCUT2D eigenvalue weighted by molar-refractivity contribution is 9.11. The number of hydrogen-bond donors (Lipinski definition) is 1. The summed E-state index contributed by atoms with van der Waals surface area (Å²) in [5, 5.41) is 0. The number of imidazole rings is 1. The van der Waals surface area contributed by atoms with Gasteiger partial charge in [-0.3, -0.25) is 0 Å². The number of aryl methyl sites for hydroxylation is 1. The Morgan fingerprint density at radius 1 is 1.50 bits per heavy atom. The van der Waals surface area contributed by atoms with E-state index in [4.69, 9.17) is 5.73 Å². The zero-order valence-electron chi connectivity index (χ0n) is 8.69. The second-order valence-corrected chi connectivity index (χ2v) is 6.47. The van der Waals surface area contributed by atoms with E-state index in [9.17, 15) is 0 Å². The van der Waals surface area contributed by atoms with Crippen molar-refractivity contribution >= 4 is 27.3 Å². The fourth-order valence-corrected chi connectivity index (χ4v) is 3.57. The lowest BCUT2D eigenvalue weighted by Crippen LogP contribution is -2.25. The first-order valence-electron chi connectivity index (χ1n) is 5.33. The third-order valence-electron chi connectivity index (χ3n) is 2.93. The number of aromatic nitrogens is 2. The number of nitrogens with zero attached hydrogens (tertiary/aromatic N) is 2. The van der Waals surface area contributed by atoms with Crippen molar-refractivity contribution in [3.63, 3.8) is 0 Å². The van der Waals surface area contributed by atoms with Gasteiger partial charge in [0.15, 0.2) is 5.82 Å². The Hall–Kier alpha value is -0.650. The molecule has 1 unspecified atom stereocenters. The molecule has 5 heteroatoms. The van der Waals surface area contributed by atoms with Crippen molar-refractivity contribution in [1.82, 2.24) is 9.55 Å². The van der Waals surface area contributed by atoms with Crippen LogP contribution in [0.1, 0.15) is 24.7 Å². The molecule has 0 amide bonds. The van der Waals surface area contributed by atoms with Gasteiger partial charge in [0.1, 0.15) is 0 Å². The van der Waals surface area contributed by atoms with Crippen molar-refractivity contribution in [1.29, 1.82) is 0 Å². The summed E-state index contributed by atoms with van der Waals surface area (Å²) in [6, 6.07) is 4.14. The highest BCUT2D eigenvalue weighted by Crippen LogP contribution is 2.34. The molecule has 3 heterocycles. The molecule has 0 bridgehead atoms. The molecule has 0 radical (unpaired) electrons. The molecule has 16 heavy (non-hydrogen) atoms. The molecule has 0 saturated carbocycles. The second-order valence-electron chi connectivity index (χ2n) is 4.01. The summed E-state index contributed by atoms with van der Waals surface area (Å²) in [6.45, 7) is 0. The molecule has 2 aromatic rings. The molecule has 3 rings (SSSR count). The number of nitrogens with two attached hydrogens (primary N) is 1. The molecular weight excluding hydrogens is 286 g/mol. The summed E-state index contributed by atoms with van der Waals surface area (Å²) < 4.78 is 3.31. The molecule has 1 aliphatic heterocycles. The highest BCUT2D eigenvalue weighted by Gasteiger charge is 2.21. The van der Waals surface area contributed by atoms with Gasteiger partial charge >= 0.3 is 0 Å². The minimum Gasteiger partial charge on any atom is -0.312 e. The van der Waals surface area contributed by atoms with Crippen LogP contribution < -0.4 is 5.73 Å². The minimum atomic E-state index is 0.0853. The Morgan fingerprint density at radius 2 is 2.38 bits per heavy atom. The van der Waals surface area contributed by atoms with E-state index in [0.29, 0.717) is 0 Å². The van der Waals surface area contributed by atoms with Crippen molar-refractivity contribution in [3.8, 4) is 10.7 Å². The number of rotatable bonds is 1. The summed E-state index contributed by atoms with van der Waals surface area (Å²) in [6.07, 6.45) is 5.35. The predicted octanol–water partition coefficient (Wildman–Crippen LogP) is 3.17. The Bertz CT molecular complexity index is 517. The Labute approximate surface area is 106 Å². The van der Waals surface area contributed by atoms with Crippen LogP contribution in [0.25, 0.3) is 10.7 Å². The monoisotopic (exact) mass is 297 g/mol. The number of thiophene rings is 1. The van der Waals surface area contributed by atoms with Gasteiger partial charge in [0, 0.05) is 11.9 Å². The van der Waals surface area contributed by atoms with Gasteiger partial charge in [0.2, 0.25) is 0 Å². The molecule has 2 aromatic heterocycles. The standard InChI is InChI=1S/C11H12BrN3S/c12-9-5-4-8(16-9)11-14-6-7-2-1-3-10(13)15(7)11/h4-6,10H,1-3,13H2. The molecule has 0 aromatic carbocycles. The maximum atomic E-state index is 6.15. The van der Waals surface area contributed by atoms with Crippen molar-refractivity contribution in [3.05, 3.63) is 27.8 Å². The van der Waals surface area contributed by atoms with E-state index >= 15 is 0 Å². The number of hydrogen-bond acceptors (Lipinski definition) is 3. The van der Waals surface area contributed by atoms with E-state index < -0.39 is 0 Å². The topological polar surface area (TPSA) is 43.8 Å². The Balaban J connectivity index is 2.12. The first-order chi connectivity index (χ1) is 7.75. The van der Waals surface area contributed by atoms with Gasteiger partial charge in [-0.1, -0.05) is 0 Å². The van der Waals surface area contributed by atoms with Crippen LogP contribution in [0.5, 0.6) is 0 Å². The third-order valence-corrected chi connectivity index (χ3v) is 4.55. The summed E-state index contributed by atoms with van der Waals surface area (Å²) in [5.74, 6) is 1.01. The largest absolute Gasteiger partial charge is 0.312 e. The van der Waals surface area contributed by atoms with Crippen molar-refractivity contribution in [2.45, 2.75) is 25.4 Å². The lowest BCUT2D eigenvalue weighted by Gasteiger charge is -2.23.